The predicted octanol–water partition coefficient (Wildman–Crippen LogP) is 4.13. The number of rotatable bonds is 5. The van der Waals surface area contributed by atoms with Crippen LogP contribution in [-0.4, -0.2) is 21.1 Å². The van der Waals surface area contributed by atoms with Crippen molar-refractivity contribution in [1.29, 1.82) is 0 Å². The highest BCUT2D eigenvalue weighted by atomic mass is 16.5. The SMILES string of the molecule is Cn1c(CCCOc2ccc3ncccc3c2)nc2ccccc21. The Morgan fingerprint density at radius 2 is 1.92 bits per heavy atom. The Morgan fingerprint density at radius 1 is 1.00 bits per heavy atom. The number of hydrogen-bond donors (Lipinski definition) is 0. The Hall–Kier alpha value is -2.88. The van der Waals surface area contributed by atoms with E-state index in [0.717, 1.165) is 40.8 Å². The Balaban J connectivity index is 1.38. The second-order valence-corrected chi connectivity index (χ2v) is 5.89. The van der Waals surface area contributed by atoms with Crippen LogP contribution in [0.15, 0.2) is 60.8 Å². The first-order valence-corrected chi connectivity index (χ1v) is 8.19. The number of para-hydroxylation sites is 2. The molecule has 0 saturated heterocycles. The van der Waals surface area contributed by atoms with Crippen LogP contribution in [0, 0.1) is 0 Å². The minimum atomic E-state index is 0.676. The molecule has 0 saturated carbocycles. The molecule has 2 aromatic heterocycles. The summed E-state index contributed by atoms with van der Waals surface area (Å²) in [7, 11) is 2.07. The van der Waals surface area contributed by atoms with E-state index in [4.69, 9.17) is 9.72 Å². The average molecular weight is 317 g/mol. The maximum atomic E-state index is 5.88. The van der Waals surface area contributed by atoms with Crippen molar-refractivity contribution in [1.82, 2.24) is 14.5 Å². The highest BCUT2D eigenvalue weighted by Gasteiger charge is 2.06. The highest BCUT2D eigenvalue weighted by molar-refractivity contribution is 5.79. The molecule has 24 heavy (non-hydrogen) atoms. The molecule has 0 amide bonds. The molecule has 0 fully saturated rings. The van der Waals surface area contributed by atoms with Gasteiger partial charge < -0.3 is 9.30 Å². The number of fused-ring (bicyclic) bond motifs is 2. The summed E-state index contributed by atoms with van der Waals surface area (Å²) in [6, 6.07) is 18.2. The van der Waals surface area contributed by atoms with Crippen LogP contribution in [0.1, 0.15) is 12.2 Å². The van der Waals surface area contributed by atoms with Gasteiger partial charge in [0.1, 0.15) is 11.6 Å². The lowest BCUT2D eigenvalue weighted by atomic mass is 10.2. The van der Waals surface area contributed by atoms with E-state index in [2.05, 4.69) is 34.8 Å². The summed E-state index contributed by atoms with van der Waals surface area (Å²) in [6.07, 6.45) is 3.64. The van der Waals surface area contributed by atoms with Gasteiger partial charge in [-0.15, -0.1) is 0 Å². The van der Waals surface area contributed by atoms with Gasteiger partial charge in [-0.3, -0.25) is 4.98 Å². The summed E-state index contributed by atoms with van der Waals surface area (Å²) in [5.74, 6) is 1.99. The Morgan fingerprint density at radius 3 is 2.83 bits per heavy atom. The number of aryl methyl sites for hydroxylation is 2. The summed E-state index contributed by atoms with van der Waals surface area (Å²) >= 11 is 0. The van der Waals surface area contributed by atoms with Crippen molar-refractivity contribution in [2.45, 2.75) is 12.8 Å². The van der Waals surface area contributed by atoms with Crippen LogP contribution in [-0.2, 0) is 13.5 Å². The number of ether oxygens (including phenoxy) is 1. The van der Waals surface area contributed by atoms with E-state index in [9.17, 15) is 0 Å². The van der Waals surface area contributed by atoms with E-state index in [0.29, 0.717) is 6.61 Å². The van der Waals surface area contributed by atoms with Gasteiger partial charge >= 0.3 is 0 Å². The third-order valence-corrected chi connectivity index (χ3v) is 4.27. The molecule has 4 heteroatoms. The molecule has 0 spiro atoms. The first-order chi connectivity index (χ1) is 11.8. The lowest BCUT2D eigenvalue weighted by molar-refractivity contribution is 0.310. The number of nitrogens with zero attached hydrogens (tertiary/aromatic N) is 3. The Kier molecular flexibility index (Phi) is 3.87. The van der Waals surface area contributed by atoms with Crippen LogP contribution in [0.3, 0.4) is 0 Å². The summed E-state index contributed by atoms with van der Waals surface area (Å²) in [6.45, 7) is 0.676. The van der Waals surface area contributed by atoms with Crippen molar-refractivity contribution in [3.8, 4) is 5.75 Å². The third-order valence-electron chi connectivity index (χ3n) is 4.27. The van der Waals surface area contributed by atoms with Crippen molar-refractivity contribution in [3.05, 3.63) is 66.6 Å². The van der Waals surface area contributed by atoms with Crippen molar-refractivity contribution in [3.63, 3.8) is 0 Å². The molecule has 2 heterocycles. The van der Waals surface area contributed by atoms with E-state index in [1.807, 2.05) is 36.4 Å². The van der Waals surface area contributed by atoms with Crippen molar-refractivity contribution in [2.24, 2.45) is 7.05 Å². The molecule has 0 atom stereocenters. The first kappa shape index (κ1) is 14.7. The van der Waals surface area contributed by atoms with Crippen LogP contribution in [0.25, 0.3) is 21.9 Å². The quantitative estimate of drug-likeness (QED) is 0.520. The van der Waals surface area contributed by atoms with Crippen LogP contribution < -0.4 is 4.74 Å². The fraction of sp³-hybridized carbons (Fsp3) is 0.200. The topological polar surface area (TPSA) is 39.9 Å². The van der Waals surface area contributed by atoms with Crippen molar-refractivity contribution < 1.29 is 4.74 Å². The zero-order valence-electron chi connectivity index (χ0n) is 13.6. The number of hydrogen-bond acceptors (Lipinski definition) is 3. The number of benzene rings is 2. The predicted molar refractivity (Wildman–Crippen MR) is 96.3 cm³/mol. The average Bonchev–Trinajstić information content (AvgIpc) is 2.95. The molecular weight excluding hydrogens is 298 g/mol. The second kappa shape index (κ2) is 6.32. The van der Waals surface area contributed by atoms with E-state index in [1.54, 1.807) is 6.20 Å². The lowest BCUT2D eigenvalue weighted by Crippen LogP contribution is -2.03. The van der Waals surface area contributed by atoms with Gasteiger partial charge in [0.15, 0.2) is 0 Å². The molecule has 0 aliphatic rings. The summed E-state index contributed by atoms with van der Waals surface area (Å²) in [5.41, 5.74) is 3.22. The number of imidazole rings is 1. The molecule has 0 bridgehead atoms. The second-order valence-electron chi connectivity index (χ2n) is 5.89. The molecular formula is C20H19N3O. The van der Waals surface area contributed by atoms with E-state index in [-0.39, 0.29) is 0 Å². The smallest absolute Gasteiger partial charge is 0.120 e. The molecule has 0 aliphatic heterocycles. The van der Waals surface area contributed by atoms with Gasteiger partial charge in [0.25, 0.3) is 0 Å². The molecule has 2 aromatic carbocycles. The van der Waals surface area contributed by atoms with E-state index < -0.39 is 0 Å². The fourth-order valence-electron chi connectivity index (χ4n) is 2.98. The molecule has 4 nitrogen and oxygen atoms in total. The highest BCUT2D eigenvalue weighted by Crippen LogP contribution is 2.19. The number of pyridine rings is 1. The van der Waals surface area contributed by atoms with Crippen LogP contribution in [0.2, 0.25) is 0 Å². The fourth-order valence-corrected chi connectivity index (χ4v) is 2.98. The molecule has 0 unspecified atom stereocenters. The summed E-state index contributed by atoms with van der Waals surface area (Å²) in [5, 5.41) is 1.10. The Labute approximate surface area is 140 Å². The zero-order valence-corrected chi connectivity index (χ0v) is 13.6. The standard InChI is InChI=1S/C20H19N3O/c1-23-19-8-3-2-7-18(19)22-20(23)9-5-13-24-16-10-11-17-15(14-16)6-4-12-21-17/h2-4,6-8,10-12,14H,5,9,13H2,1H3. The zero-order chi connectivity index (χ0) is 16.4. The minimum absolute atomic E-state index is 0.676. The van der Waals surface area contributed by atoms with Crippen molar-refractivity contribution >= 4 is 21.9 Å². The maximum absolute atomic E-state index is 5.88. The van der Waals surface area contributed by atoms with E-state index >= 15 is 0 Å². The minimum Gasteiger partial charge on any atom is -0.494 e. The Bertz CT molecular complexity index is 990. The van der Waals surface area contributed by atoms with Crippen molar-refractivity contribution in [2.75, 3.05) is 6.61 Å². The third kappa shape index (κ3) is 2.83. The number of aromatic nitrogens is 3. The maximum Gasteiger partial charge on any atom is 0.120 e. The van der Waals surface area contributed by atoms with Gasteiger partial charge in [-0.1, -0.05) is 18.2 Å². The van der Waals surface area contributed by atoms with Gasteiger partial charge in [-0.25, -0.2) is 4.98 Å². The molecule has 4 aromatic rings. The largest absolute Gasteiger partial charge is 0.494 e. The van der Waals surface area contributed by atoms with Gasteiger partial charge in [0, 0.05) is 25.1 Å². The summed E-state index contributed by atoms with van der Waals surface area (Å²) < 4.78 is 8.05. The first-order valence-electron chi connectivity index (χ1n) is 8.19. The molecule has 4 rings (SSSR count). The normalized spacial score (nSPS) is 11.2. The molecule has 120 valence electrons. The van der Waals surface area contributed by atoms with Crippen LogP contribution >= 0.6 is 0 Å². The van der Waals surface area contributed by atoms with E-state index in [1.165, 1.54) is 5.52 Å². The molecule has 0 N–H and O–H groups in total. The van der Waals surface area contributed by atoms with Gasteiger partial charge in [-0.2, -0.15) is 0 Å². The van der Waals surface area contributed by atoms with Gasteiger partial charge in [-0.05, 0) is 42.8 Å². The van der Waals surface area contributed by atoms with Gasteiger partial charge in [0.05, 0.1) is 23.2 Å². The van der Waals surface area contributed by atoms with Crippen LogP contribution in [0.5, 0.6) is 5.75 Å². The monoisotopic (exact) mass is 317 g/mol. The van der Waals surface area contributed by atoms with Gasteiger partial charge in [0.2, 0.25) is 0 Å². The lowest BCUT2D eigenvalue weighted by Gasteiger charge is -2.07. The summed E-state index contributed by atoms with van der Waals surface area (Å²) in [4.78, 5) is 9.02. The molecule has 0 radical (unpaired) electrons. The van der Waals surface area contributed by atoms with Crippen LogP contribution in [0.4, 0.5) is 0 Å². The molecule has 0 aliphatic carbocycles.